The summed E-state index contributed by atoms with van der Waals surface area (Å²) in [6.45, 7) is -0.0644. The van der Waals surface area contributed by atoms with Gasteiger partial charge in [-0.05, 0) is 0 Å². The van der Waals surface area contributed by atoms with Crippen LogP contribution in [0.5, 0.6) is 0 Å². The summed E-state index contributed by atoms with van der Waals surface area (Å²) in [7, 11) is 0. The van der Waals surface area contributed by atoms with Crippen LogP contribution in [0.15, 0.2) is 0 Å². The lowest BCUT2D eigenvalue weighted by molar-refractivity contribution is -0.134. The van der Waals surface area contributed by atoms with E-state index in [2.05, 4.69) is 5.32 Å². The minimum atomic E-state index is -2.56. The predicted octanol–water partition coefficient (Wildman–Crippen LogP) is 0.167. The zero-order valence-electron chi connectivity index (χ0n) is 9.57. The number of nitrogens with one attached hydrogen (secondary N) is 1. The SMILES string of the molecule is O=C(CC1CSCCN1)N(CCO)CC(F)F. The van der Waals surface area contributed by atoms with Crippen LogP contribution in [0.1, 0.15) is 6.42 Å². The van der Waals surface area contributed by atoms with Crippen LogP contribution >= 0.6 is 11.8 Å². The van der Waals surface area contributed by atoms with Crippen LogP contribution in [-0.2, 0) is 4.79 Å². The van der Waals surface area contributed by atoms with Crippen molar-refractivity contribution in [2.75, 3.05) is 37.7 Å². The van der Waals surface area contributed by atoms with E-state index in [0.717, 1.165) is 23.0 Å². The molecule has 0 radical (unpaired) electrons. The largest absolute Gasteiger partial charge is 0.395 e. The first-order valence-corrected chi connectivity index (χ1v) is 6.77. The molecule has 1 heterocycles. The smallest absolute Gasteiger partial charge is 0.255 e. The zero-order chi connectivity index (χ0) is 12.7. The molecule has 17 heavy (non-hydrogen) atoms. The number of halogens is 2. The van der Waals surface area contributed by atoms with Crippen molar-refractivity contribution in [2.45, 2.75) is 18.9 Å². The minimum absolute atomic E-state index is 0.0248. The Morgan fingerprint density at radius 3 is 2.88 bits per heavy atom. The molecule has 0 bridgehead atoms. The second-order valence-electron chi connectivity index (χ2n) is 3.88. The first-order chi connectivity index (χ1) is 8.13. The molecule has 1 rings (SSSR count). The van der Waals surface area contributed by atoms with Gasteiger partial charge in [-0.3, -0.25) is 4.79 Å². The van der Waals surface area contributed by atoms with Gasteiger partial charge >= 0.3 is 0 Å². The summed E-state index contributed by atoms with van der Waals surface area (Å²) in [5, 5.41) is 11.9. The number of hydrogen-bond acceptors (Lipinski definition) is 4. The van der Waals surface area contributed by atoms with Crippen molar-refractivity contribution >= 4 is 17.7 Å². The molecule has 100 valence electrons. The number of aliphatic hydroxyl groups is 1. The number of carbonyl (C=O) groups is 1. The summed E-state index contributed by atoms with van der Waals surface area (Å²) in [5.41, 5.74) is 0. The number of hydrogen-bond donors (Lipinski definition) is 2. The fourth-order valence-corrected chi connectivity index (χ4v) is 2.64. The van der Waals surface area contributed by atoms with Gasteiger partial charge < -0.3 is 15.3 Å². The zero-order valence-corrected chi connectivity index (χ0v) is 10.4. The van der Waals surface area contributed by atoms with Crippen LogP contribution in [0.4, 0.5) is 8.78 Å². The molecule has 0 aliphatic carbocycles. The average Bonchev–Trinajstić information content (AvgIpc) is 2.29. The fraction of sp³-hybridized carbons (Fsp3) is 0.900. The van der Waals surface area contributed by atoms with E-state index in [-0.39, 0.29) is 31.5 Å². The number of thioether (sulfide) groups is 1. The van der Waals surface area contributed by atoms with Gasteiger partial charge in [-0.15, -0.1) is 0 Å². The molecule has 1 amide bonds. The van der Waals surface area contributed by atoms with Crippen molar-refractivity contribution < 1.29 is 18.7 Å². The molecule has 1 unspecified atom stereocenters. The fourth-order valence-electron chi connectivity index (χ4n) is 1.70. The maximum absolute atomic E-state index is 12.3. The van der Waals surface area contributed by atoms with Gasteiger partial charge in [0.2, 0.25) is 5.91 Å². The molecule has 7 heteroatoms. The quantitative estimate of drug-likeness (QED) is 0.721. The van der Waals surface area contributed by atoms with Crippen LogP contribution in [-0.4, -0.2) is 66.1 Å². The summed E-state index contributed by atoms with van der Waals surface area (Å²) < 4.78 is 24.5. The molecule has 0 aromatic carbocycles. The van der Waals surface area contributed by atoms with E-state index in [1.807, 2.05) is 0 Å². The summed E-state index contributed by atoms with van der Waals surface area (Å²) in [6, 6.07) is 0.0557. The van der Waals surface area contributed by atoms with E-state index in [0.29, 0.717) is 0 Å². The third-order valence-electron chi connectivity index (χ3n) is 2.50. The molecule has 0 aromatic heterocycles. The molecule has 0 spiro atoms. The molecule has 0 aromatic rings. The van der Waals surface area contributed by atoms with E-state index in [9.17, 15) is 13.6 Å². The van der Waals surface area contributed by atoms with Gasteiger partial charge in [-0.2, -0.15) is 11.8 Å². The van der Waals surface area contributed by atoms with E-state index in [1.165, 1.54) is 0 Å². The number of amides is 1. The van der Waals surface area contributed by atoms with E-state index in [4.69, 9.17) is 5.11 Å². The molecule has 1 aliphatic rings. The first-order valence-electron chi connectivity index (χ1n) is 5.61. The highest BCUT2D eigenvalue weighted by Gasteiger charge is 2.22. The van der Waals surface area contributed by atoms with Crippen LogP contribution in [0, 0.1) is 0 Å². The number of rotatable bonds is 6. The lowest BCUT2D eigenvalue weighted by Gasteiger charge is -2.27. The van der Waals surface area contributed by atoms with Crippen LogP contribution < -0.4 is 5.32 Å². The van der Waals surface area contributed by atoms with Gasteiger partial charge in [0.1, 0.15) is 0 Å². The van der Waals surface area contributed by atoms with E-state index >= 15 is 0 Å². The normalized spacial score (nSPS) is 20.6. The van der Waals surface area contributed by atoms with E-state index in [1.54, 1.807) is 11.8 Å². The molecule has 0 saturated carbocycles. The lowest BCUT2D eigenvalue weighted by atomic mass is 10.2. The summed E-state index contributed by atoms with van der Waals surface area (Å²) >= 11 is 1.75. The van der Waals surface area contributed by atoms with Gasteiger partial charge in [0.05, 0.1) is 13.2 Å². The van der Waals surface area contributed by atoms with Gasteiger partial charge in [-0.1, -0.05) is 0 Å². The van der Waals surface area contributed by atoms with Gasteiger partial charge in [0.25, 0.3) is 6.43 Å². The Labute approximate surface area is 104 Å². The lowest BCUT2D eigenvalue weighted by Crippen LogP contribution is -2.44. The highest BCUT2D eigenvalue weighted by atomic mass is 32.2. The third-order valence-corrected chi connectivity index (χ3v) is 3.63. The Morgan fingerprint density at radius 2 is 2.35 bits per heavy atom. The highest BCUT2D eigenvalue weighted by molar-refractivity contribution is 7.99. The Hall–Kier alpha value is -0.400. The number of nitrogens with zero attached hydrogens (tertiary/aromatic N) is 1. The van der Waals surface area contributed by atoms with Crippen LogP contribution in [0.3, 0.4) is 0 Å². The second-order valence-corrected chi connectivity index (χ2v) is 5.03. The van der Waals surface area contributed by atoms with Crippen molar-refractivity contribution in [1.82, 2.24) is 10.2 Å². The Balaban J connectivity index is 2.39. The summed E-state index contributed by atoms with van der Waals surface area (Å²) in [5.74, 6) is 1.52. The van der Waals surface area contributed by atoms with Crippen LogP contribution in [0.2, 0.25) is 0 Å². The van der Waals surface area contributed by atoms with Gasteiger partial charge in [0.15, 0.2) is 0 Å². The number of aliphatic hydroxyl groups excluding tert-OH is 1. The predicted molar refractivity (Wildman–Crippen MR) is 63.4 cm³/mol. The first kappa shape index (κ1) is 14.7. The van der Waals surface area contributed by atoms with Crippen molar-refractivity contribution in [1.29, 1.82) is 0 Å². The average molecular weight is 268 g/mol. The monoisotopic (exact) mass is 268 g/mol. The molecule has 1 atom stereocenters. The van der Waals surface area contributed by atoms with Crippen molar-refractivity contribution in [3.05, 3.63) is 0 Å². The van der Waals surface area contributed by atoms with Crippen molar-refractivity contribution in [3.63, 3.8) is 0 Å². The highest BCUT2D eigenvalue weighted by Crippen LogP contribution is 2.12. The molecule has 4 nitrogen and oxygen atoms in total. The van der Waals surface area contributed by atoms with Gasteiger partial charge in [0, 0.05) is 37.1 Å². The molecule has 1 saturated heterocycles. The number of carbonyl (C=O) groups excluding carboxylic acids is 1. The minimum Gasteiger partial charge on any atom is -0.395 e. The van der Waals surface area contributed by atoms with Crippen molar-refractivity contribution in [3.8, 4) is 0 Å². The number of alkyl halides is 2. The molecule has 2 N–H and O–H groups in total. The summed E-state index contributed by atoms with van der Waals surface area (Å²) in [4.78, 5) is 12.8. The van der Waals surface area contributed by atoms with Gasteiger partial charge in [-0.25, -0.2) is 8.78 Å². The third kappa shape index (κ3) is 5.65. The maximum Gasteiger partial charge on any atom is 0.255 e. The molecule has 1 fully saturated rings. The second kappa shape index (κ2) is 7.84. The Morgan fingerprint density at radius 1 is 1.59 bits per heavy atom. The topological polar surface area (TPSA) is 52.6 Å². The molecular weight excluding hydrogens is 250 g/mol. The Bertz CT molecular complexity index is 238. The Kier molecular flexibility index (Phi) is 6.76. The van der Waals surface area contributed by atoms with Crippen molar-refractivity contribution in [2.24, 2.45) is 0 Å². The molecule has 1 aliphatic heterocycles. The standard InChI is InChI=1S/C10H18F2N2O2S/c11-9(12)6-14(2-3-15)10(16)5-8-7-17-4-1-13-8/h8-9,13,15H,1-7H2. The molecular formula is C10H18F2N2O2S. The summed E-state index contributed by atoms with van der Waals surface area (Å²) in [6.07, 6.45) is -2.33. The van der Waals surface area contributed by atoms with Crippen LogP contribution in [0.25, 0.3) is 0 Å². The van der Waals surface area contributed by atoms with E-state index < -0.39 is 13.0 Å². The maximum atomic E-state index is 12.3.